The van der Waals surface area contributed by atoms with Crippen molar-refractivity contribution in [3.63, 3.8) is 0 Å². The molecule has 0 heterocycles. The van der Waals surface area contributed by atoms with Crippen LogP contribution in [0.15, 0.2) is 0 Å². The molecular weight excluding hydrogens is 256 g/mol. The molecule has 0 saturated carbocycles. The summed E-state index contributed by atoms with van der Waals surface area (Å²) in [5.74, 6) is 1.42. The van der Waals surface area contributed by atoms with Gasteiger partial charge in [-0.1, -0.05) is 79.1 Å². The molecule has 0 N–H and O–H groups in total. The summed E-state index contributed by atoms with van der Waals surface area (Å²) < 4.78 is -0.0722. The molecule has 0 aromatic carbocycles. The summed E-state index contributed by atoms with van der Waals surface area (Å²) in [6.07, 6.45) is 12.2. The average molecular weight is 291 g/mol. The van der Waals surface area contributed by atoms with Gasteiger partial charge in [-0.3, -0.25) is 0 Å². The molecule has 0 aliphatic rings. The van der Waals surface area contributed by atoms with Crippen LogP contribution in [-0.4, -0.2) is 4.08 Å². The summed E-state index contributed by atoms with van der Waals surface area (Å²) in [4.78, 5) is 0. The van der Waals surface area contributed by atoms with E-state index in [2.05, 4.69) is 53.0 Å². The zero-order valence-corrected chi connectivity index (χ0v) is 14.7. The third-order valence-corrected chi connectivity index (χ3v) is 5.23. The largest absolute Gasteiger partial charge is 0.162 e. The van der Waals surface area contributed by atoms with Crippen molar-refractivity contribution in [1.82, 2.24) is 0 Å². The van der Waals surface area contributed by atoms with E-state index in [1.54, 1.807) is 0 Å². The number of hydrogen-bond donors (Lipinski definition) is 2. The predicted molar refractivity (Wildman–Crippen MR) is 91.9 cm³/mol. The summed E-state index contributed by atoms with van der Waals surface area (Å²) in [5, 5.41) is 0. The molecule has 0 saturated heterocycles. The molecule has 0 spiro atoms. The Hall–Kier alpha value is 0.700. The van der Waals surface area contributed by atoms with Gasteiger partial charge in [0.05, 0.1) is 4.08 Å². The molecule has 0 atom stereocenters. The van der Waals surface area contributed by atoms with Crippen LogP contribution in [0, 0.1) is 11.8 Å². The molecule has 0 aliphatic heterocycles. The van der Waals surface area contributed by atoms with Gasteiger partial charge in [-0.25, -0.2) is 0 Å². The summed E-state index contributed by atoms with van der Waals surface area (Å²) in [6, 6.07) is 0. The molecule has 18 heavy (non-hydrogen) atoms. The fraction of sp³-hybridized carbons (Fsp3) is 1.00. The fourth-order valence-corrected chi connectivity index (χ4v) is 2.43. The van der Waals surface area contributed by atoms with Crippen LogP contribution in [0.25, 0.3) is 0 Å². The van der Waals surface area contributed by atoms with Crippen molar-refractivity contribution < 1.29 is 0 Å². The molecule has 0 bridgehead atoms. The van der Waals surface area contributed by atoms with Crippen LogP contribution in [-0.2, 0) is 0 Å². The lowest BCUT2D eigenvalue weighted by atomic mass is 10.0. The first kappa shape index (κ1) is 18.7. The van der Waals surface area contributed by atoms with E-state index < -0.39 is 0 Å². The Bertz CT molecular complexity index is 186. The second-order valence-corrected chi connectivity index (χ2v) is 8.39. The topological polar surface area (TPSA) is 0 Å². The van der Waals surface area contributed by atoms with Gasteiger partial charge in [0.2, 0.25) is 0 Å². The van der Waals surface area contributed by atoms with E-state index in [-0.39, 0.29) is 4.08 Å². The maximum absolute atomic E-state index is 4.64. The molecule has 0 fully saturated rings. The lowest BCUT2D eigenvalue weighted by molar-refractivity contribution is 0.487. The van der Waals surface area contributed by atoms with E-state index in [4.69, 9.17) is 0 Å². The zero-order valence-electron chi connectivity index (χ0n) is 12.9. The van der Waals surface area contributed by atoms with Crippen molar-refractivity contribution in [1.29, 1.82) is 0 Å². The Balaban J connectivity index is 3.26. The Morgan fingerprint density at radius 2 is 1.17 bits per heavy atom. The summed E-state index contributed by atoms with van der Waals surface area (Å²) in [5.41, 5.74) is 0. The van der Waals surface area contributed by atoms with Gasteiger partial charge in [0.1, 0.15) is 0 Å². The first-order chi connectivity index (χ1) is 8.36. The predicted octanol–water partition coefficient (Wildman–Crippen LogP) is 6.37. The van der Waals surface area contributed by atoms with Crippen molar-refractivity contribution in [2.75, 3.05) is 0 Å². The Morgan fingerprint density at radius 3 is 1.61 bits per heavy atom. The third kappa shape index (κ3) is 10.6. The molecule has 0 unspecified atom stereocenters. The highest BCUT2D eigenvalue weighted by atomic mass is 32.2. The van der Waals surface area contributed by atoms with Gasteiger partial charge in [-0.2, -0.15) is 25.3 Å². The number of hydrogen-bond acceptors (Lipinski definition) is 2. The van der Waals surface area contributed by atoms with Gasteiger partial charge < -0.3 is 0 Å². The lowest BCUT2D eigenvalue weighted by Gasteiger charge is -2.26. The second kappa shape index (κ2) is 10.5. The van der Waals surface area contributed by atoms with E-state index in [9.17, 15) is 0 Å². The summed E-state index contributed by atoms with van der Waals surface area (Å²) in [7, 11) is 0. The molecule has 110 valence electrons. The molecule has 0 aromatic heterocycles. The van der Waals surface area contributed by atoms with Crippen molar-refractivity contribution in [3.05, 3.63) is 0 Å². The van der Waals surface area contributed by atoms with E-state index in [1.165, 1.54) is 51.4 Å². The van der Waals surface area contributed by atoms with Crippen molar-refractivity contribution in [3.8, 4) is 0 Å². The van der Waals surface area contributed by atoms with Gasteiger partial charge in [-0.05, 0) is 18.3 Å². The summed E-state index contributed by atoms with van der Waals surface area (Å²) in [6.45, 7) is 9.04. The minimum Gasteiger partial charge on any atom is -0.162 e. The first-order valence-electron chi connectivity index (χ1n) is 7.81. The number of thiol groups is 2. The highest BCUT2D eigenvalue weighted by molar-refractivity contribution is 8.00. The molecule has 0 aliphatic carbocycles. The molecule has 2 heteroatoms. The second-order valence-electron chi connectivity index (χ2n) is 6.44. The molecule has 0 radical (unpaired) electrons. The fourth-order valence-electron chi connectivity index (χ4n) is 2.11. The monoisotopic (exact) mass is 290 g/mol. The normalized spacial score (nSPS) is 12.7. The minimum atomic E-state index is -0.0722. The van der Waals surface area contributed by atoms with E-state index >= 15 is 0 Å². The molecule has 0 nitrogen and oxygen atoms in total. The standard InChI is InChI=1S/C16H34S2/c1-14(2)12-10-8-6-5-7-9-11-13-16(17,18)15(3)4/h14-15,17-18H,5-13H2,1-4H3. The van der Waals surface area contributed by atoms with Gasteiger partial charge in [0.15, 0.2) is 0 Å². The minimum absolute atomic E-state index is 0.0722. The first-order valence-corrected chi connectivity index (χ1v) is 8.70. The van der Waals surface area contributed by atoms with Crippen LogP contribution in [0.2, 0.25) is 0 Å². The zero-order chi connectivity index (χ0) is 14.0. The van der Waals surface area contributed by atoms with E-state index in [1.807, 2.05) is 0 Å². The van der Waals surface area contributed by atoms with Gasteiger partial charge >= 0.3 is 0 Å². The van der Waals surface area contributed by atoms with E-state index in [0.29, 0.717) is 5.92 Å². The van der Waals surface area contributed by atoms with Gasteiger partial charge in [-0.15, -0.1) is 0 Å². The highest BCUT2D eigenvalue weighted by Crippen LogP contribution is 2.34. The van der Waals surface area contributed by atoms with Crippen LogP contribution in [0.4, 0.5) is 0 Å². The van der Waals surface area contributed by atoms with Crippen molar-refractivity contribution in [2.24, 2.45) is 11.8 Å². The molecule has 0 aromatic rings. The van der Waals surface area contributed by atoms with Crippen LogP contribution in [0.1, 0.15) is 85.5 Å². The number of rotatable bonds is 11. The average Bonchev–Trinajstić information content (AvgIpc) is 2.26. The van der Waals surface area contributed by atoms with Crippen LogP contribution >= 0.6 is 25.3 Å². The van der Waals surface area contributed by atoms with Crippen molar-refractivity contribution in [2.45, 2.75) is 89.6 Å². The molecule has 0 rings (SSSR count). The molecular formula is C16H34S2. The van der Waals surface area contributed by atoms with Crippen LogP contribution in [0.5, 0.6) is 0 Å². The smallest absolute Gasteiger partial charge is 0.0574 e. The van der Waals surface area contributed by atoms with Gasteiger partial charge in [0.25, 0.3) is 0 Å². The third-order valence-electron chi connectivity index (χ3n) is 3.75. The quantitative estimate of drug-likeness (QED) is 0.247. The number of unbranched alkanes of at least 4 members (excludes halogenated alkanes) is 6. The highest BCUT2D eigenvalue weighted by Gasteiger charge is 2.23. The molecule has 0 amide bonds. The summed E-state index contributed by atoms with van der Waals surface area (Å²) >= 11 is 9.27. The Kier molecular flexibility index (Phi) is 10.9. The van der Waals surface area contributed by atoms with Crippen LogP contribution < -0.4 is 0 Å². The maximum Gasteiger partial charge on any atom is 0.0574 e. The SMILES string of the molecule is CC(C)CCCCCCCCCC(S)(S)C(C)C. The lowest BCUT2D eigenvalue weighted by Crippen LogP contribution is -2.20. The Labute approximate surface area is 127 Å². The Morgan fingerprint density at radius 1 is 0.722 bits per heavy atom. The maximum atomic E-state index is 4.64. The van der Waals surface area contributed by atoms with Crippen molar-refractivity contribution >= 4 is 25.3 Å². The van der Waals surface area contributed by atoms with E-state index in [0.717, 1.165) is 12.3 Å². The van der Waals surface area contributed by atoms with Gasteiger partial charge in [0, 0.05) is 0 Å². The van der Waals surface area contributed by atoms with Crippen LogP contribution in [0.3, 0.4) is 0 Å².